The number of carbonyl (C=O) groups excluding carboxylic acids is 1. The molecule has 0 spiro atoms. The van der Waals surface area contributed by atoms with Gasteiger partial charge in [0.2, 0.25) is 0 Å². The summed E-state index contributed by atoms with van der Waals surface area (Å²) in [5.74, 6) is -1.93. The lowest BCUT2D eigenvalue weighted by Crippen LogP contribution is -2.15. The van der Waals surface area contributed by atoms with E-state index in [1.807, 2.05) is 0 Å². The van der Waals surface area contributed by atoms with Crippen LogP contribution in [0.4, 0.5) is 23.2 Å². The van der Waals surface area contributed by atoms with E-state index < -0.39 is 23.5 Å². The summed E-state index contributed by atoms with van der Waals surface area (Å²) in [6.07, 6.45) is -4.89. The van der Waals surface area contributed by atoms with Crippen molar-refractivity contribution in [3.63, 3.8) is 0 Å². The van der Waals surface area contributed by atoms with Crippen molar-refractivity contribution in [1.29, 1.82) is 0 Å². The summed E-state index contributed by atoms with van der Waals surface area (Å²) in [4.78, 5) is 12.1. The summed E-state index contributed by atoms with van der Waals surface area (Å²) in [6.45, 7) is 2.10. The average molecular weight is 362 g/mol. The molecule has 1 amide bonds. The summed E-state index contributed by atoms with van der Waals surface area (Å²) in [5, 5.41) is 2.74. The number of halogens is 5. The molecular formula is C16H12ClF4NO2. The summed E-state index contributed by atoms with van der Waals surface area (Å²) < 4.78 is 56.6. The van der Waals surface area contributed by atoms with Crippen LogP contribution < -0.4 is 10.1 Å². The fraction of sp³-hybridized carbons (Fsp3) is 0.188. The molecule has 0 radical (unpaired) electrons. The van der Waals surface area contributed by atoms with E-state index >= 15 is 0 Å². The van der Waals surface area contributed by atoms with Crippen molar-refractivity contribution in [3.8, 4) is 5.75 Å². The van der Waals surface area contributed by atoms with Crippen LogP contribution in [0, 0.1) is 5.82 Å². The van der Waals surface area contributed by atoms with Crippen LogP contribution in [-0.4, -0.2) is 12.5 Å². The molecular weight excluding hydrogens is 350 g/mol. The molecule has 0 atom stereocenters. The Hall–Kier alpha value is -2.28. The van der Waals surface area contributed by atoms with E-state index in [0.717, 1.165) is 6.07 Å². The zero-order valence-electron chi connectivity index (χ0n) is 12.4. The lowest BCUT2D eigenvalue weighted by Gasteiger charge is -2.12. The predicted octanol–water partition coefficient (Wildman–Crippen LogP) is 5.15. The zero-order chi connectivity index (χ0) is 17.9. The largest absolute Gasteiger partial charge is 0.492 e. The van der Waals surface area contributed by atoms with Gasteiger partial charge in [0.15, 0.2) is 0 Å². The third-order valence-corrected chi connectivity index (χ3v) is 3.34. The van der Waals surface area contributed by atoms with Gasteiger partial charge in [-0.2, -0.15) is 13.2 Å². The molecule has 0 saturated heterocycles. The fourth-order valence-corrected chi connectivity index (χ4v) is 2.11. The lowest BCUT2D eigenvalue weighted by atomic mass is 10.1. The molecule has 2 aromatic carbocycles. The van der Waals surface area contributed by atoms with Gasteiger partial charge < -0.3 is 10.1 Å². The second-order valence-electron chi connectivity index (χ2n) is 4.72. The second kappa shape index (κ2) is 7.09. The summed E-state index contributed by atoms with van der Waals surface area (Å²) in [5.41, 5.74) is -1.54. The molecule has 2 aromatic rings. The number of hydrogen-bond acceptors (Lipinski definition) is 2. The van der Waals surface area contributed by atoms with Crippen LogP contribution in [0.5, 0.6) is 5.75 Å². The number of rotatable bonds is 4. The summed E-state index contributed by atoms with van der Waals surface area (Å²) in [7, 11) is 0. The van der Waals surface area contributed by atoms with Crippen LogP contribution >= 0.6 is 11.6 Å². The molecule has 0 fully saturated rings. The van der Waals surface area contributed by atoms with Crippen molar-refractivity contribution in [2.75, 3.05) is 11.9 Å². The Balaban J connectivity index is 2.26. The number of benzene rings is 2. The molecule has 0 aromatic heterocycles. The maximum absolute atomic E-state index is 13.3. The van der Waals surface area contributed by atoms with Crippen molar-refractivity contribution in [2.24, 2.45) is 0 Å². The smallest absolute Gasteiger partial charge is 0.419 e. The van der Waals surface area contributed by atoms with Gasteiger partial charge in [0.05, 0.1) is 17.2 Å². The molecule has 3 nitrogen and oxygen atoms in total. The number of nitrogens with one attached hydrogen (secondary N) is 1. The van der Waals surface area contributed by atoms with Crippen molar-refractivity contribution >= 4 is 23.2 Å². The SMILES string of the molecule is CCOc1cc(NC(=O)c2ccc(F)c(C(F)(F)F)c2)ccc1Cl. The minimum atomic E-state index is -4.89. The van der Waals surface area contributed by atoms with Gasteiger partial charge in [-0.1, -0.05) is 11.6 Å². The van der Waals surface area contributed by atoms with E-state index in [-0.39, 0.29) is 11.3 Å². The van der Waals surface area contributed by atoms with Gasteiger partial charge in [-0.15, -0.1) is 0 Å². The van der Waals surface area contributed by atoms with Gasteiger partial charge in [-0.3, -0.25) is 4.79 Å². The number of ether oxygens (including phenoxy) is 1. The van der Waals surface area contributed by atoms with Crippen LogP contribution in [0.3, 0.4) is 0 Å². The van der Waals surface area contributed by atoms with E-state index in [1.165, 1.54) is 18.2 Å². The third-order valence-electron chi connectivity index (χ3n) is 3.02. The molecule has 0 aliphatic carbocycles. The molecule has 0 unspecified atom stereocenters. The van der Waals surface area contributed by atoms with Crippen molar-refractivity contribution in [3.05, 3.63) is 58.4 Å². The van der Waals surface area contributed by atoms with E-state index in [4.69, 9.17) is 16.3 Å². The van der Waals surface area contributed by atoms with Crippen LogP contribution in [-0.2, 0) is 6.18 Å². The molecule has 8 heteroatoms. The predicted molar refractivity (Wildman–Crippen MR) is 82.0 cm³/mol. The topological polar surface area (TPSA) is 38.3 Å². The van der Waals surface area contributed by atoms with Crippen molar-refractivity contribution in [2.45, 2.75) is 13.1 Å². The standard InChI is InChI=1S/C16H12ClF4NO2/c1-2-24-14-8-10(4-5-12(14)17)22-15(23)9-3-6-13(18)11(7-9)16(19,20)21/h3-8H,2H2,1H3,(H,22,23). The Morgan fingerprint density at radius 1 is 1.21 bits per heavy atom. The van der Waals surface area contributed by atoms with Gasteiger partial charge in [0.25, 0.3) is 5.91 Å². The Bertz CT molecular complexity index is 762. The minimum Gasteiger partial charge on any atom is -0.492 e. The van der Waals surface area contributed by atoms with Crippen LogP contribution in [0.15, 0.2) is 36.4 Å². The molecule has 0 aliphatic rings. The molecule has 0 aliphatic heterocycles. The van der Waals surface area contributed by atoms with Gasteiger partial charge in [0.1, 0.15) is 11.6 Å². The van der Waals surface area contributed by atoms with Gasteiger partial charge >= 0.3 is 6.18 Å². The monoisotopic (exact) mass is 361 g/mol. The first-order valence-corrected chi connectivity index (χ1v) is 7.20. The maximum atomic E-state index is 13.3. The highest BCUT2D eigenvalue weighted by Gasteiger charge is 2.34. The first-order valence-electron chi connectivity index (χ1n) is 6.83. The number of anilines is 1. The molecule has 0 saturated carbocycles. The first-order chi connectivity index (χ1) is 11.2. The van der Waals surface area contributed by atoms with E-state index in [0.29, 0.717) is 29.5 Å². The van der Waals surface area contributed by atoms with E-state index in [9.17, 15) is 22.4 Å². The van der Waals surface area contributed by atoms with E-state index in [1.54, 1.807) is 6.92 Å². The highest BCUT2D eigenvalue weighted by atomic mass is 35.5. The van der Waals surface area contributed by atoms with E-state index in [2.05, 4.69) is 5.32 Å². The highest BCUT2D eigenvalue weighted by Crippen LogP contribution is 2.32. The summed E-state index contributed by atoms with van der Waals surface area (Å²) in [6, 6.07) is 6.43. The number of amides is 1. The fourth-order valence-electron chi connectivity index (χ4n) is 1.93. The minimum absolute atomic E-state index is 0.283. The quantitative estimate of drug-likeness (QED) is 0.765. The van der Waals surface area contributed by atoms with Crippen molar-refractivity contribution in [1.82, 2.24) is 0 Å². The molecule has 2 rings (SSSR count). The number of hydrogen-bond donors (Lipinski definition) is 1. The maximum Gasteiger partial charge on any atom is 0.419 e. The van der Waals surface area contributed by atoms with Crippen LogP contribution in [0.2, 0.25) is 5.02 Å². The zero-order valence-corrected chi connectivity index (χ0v) is 13.1. The lowest BCUT2D eigenvalue weighted by molar-refractivity contribution is -0.140. The average Bonchev–Trinajstić information content (AvgIpc) is 2.50. The van der Waals surface area contributed by atoms with Gasteiger partial charge in [-0.05, 0) is 37.3 Å². The van der Waals surface area contributed by atoms with Crippen LogP contribution in [0.25, 0.3) is 0 Å². The molecule has 24 heavy (non-hydrogen) atoms. The summed E-state index contributed by atoms with van der Waals surface area (Å²) >= 11 is 5.91. The molecule has 0 bridgehead atoms. The highest BCUT2D eigenvalue weighted by molar-refractivity contribution is 6.32. The van der Waals surface area contributed by atoms with Crippen LogP contribution in [0.1, 0.15) is 22.8 Å². The van der Waals surface area contributed by atoms with Gasteiger partial charge in [0, 0.05) is 17.3 Å². The Kier molecular flexibility index (Phi) is 5.33. The third kappa shape index (κ3) is 4.17. The molecule has 128 valence electrons. The van der Waals surface area contributed by atoms with Crippen molar-refractivity contribution < 1.29 is 27.1 Å². The Morgan fingerprint density at radius 3 is 2.54 bits per heavy atom. The molecule has 0 heterocycles. The normalized spacial score (nSPS) is 11.2. The first kappa shape index (κ1) is 18.1. The van der Waals surface area contributed by atoms with Gasteiger partial charge in [-0.25, -0.2) is 4.39 Å². The Morgan fingerprint density at radius 2 is 1.92 bits per heavy atom. The second-order valence-corrected chi connectivity index (χ2v) is 5.13. The molecule has 1 N–H and O–H groups in total. The number of alkyl halides is 3. The number of carbonyl (C=O) groups is 1. The Labute approximate surface area is 140 Å².